The van der Waals surface area contributed by atoms with Crippen LogP contribution in [0.5, 0.6) is 0 Å². The first kappa shape index (κ1) is 20.3. The van der Waals surface area contributed by atoms with Crippen molar-refractivity contribution in [3.8, 4) is 22.7 Å². The number of nitrogens with one attached hydrogen (secondary N) is 2. The average Bonchev–Trinajstić information content (AvgIpc) is 3.25. The summed E-state index contributed by atoms with van der Waals surface area (Å²) < 4.78 is 18.9. The Morgan fingerprint density at radius 3 is 2.61 bits per heavy atom. The van der Waals surface area contributed by atoms with E-state index in [1.54, 1.807) is 30.5 Å². The minimum absolute atomic E-state index is 0.235. The highest BCUT2D eigenvalue weighted by atomic mass is 19.1. The molecule has 4 rings (SSSR count). The van der Waals surface area contributed by atoms with E-state index in [1.165, 1.54) is 12.1 Å². The number of hydrogen-bond donors (Lipinski definition) is 2. The monoisotopic (exact) mass is 415 g/mol. The second kappa shape index (κ2) is 8.83. The number of rotatable bonds is 5. The van der Waals surface area contributed by atoms with Crippen LogP contribution in [0.25, 0.3) is 22.7 Å². The van der Waals surface area contributed by atoms with E-state index in [-0.39, 0.29) is 18.4 Å². The molecule has 31 heavy (non-hydrogen) atoms. The van der Waals surface area contributed by atoms with Crippen molar-refractivity contribution in [3.05, 3.63) is 95.5 Å². The number of hydrogen-bond acceptors (Lipinski definition) is 3. The molecule has 0 spiro atoms. The van der Waals surface area contributed by atoms with E-state index >= 15 is 0 Å². The number of amides is 2. The highest BCUT2D eigenvalue weighted by molar-refractivity contribution is 5.89. The molecular weight excluding hydrogens is 393 g/mol. The lowest BCUT2D eigenvalue weighted by atomic mass is 10.0. The van der Waals surface area contributed by atoms with Crippen LogP contribution >= 0.6 is 0 Å². The Morgan fingerprint density at radius 1 is 1.03 bits per heavy atom. The number of aryl methyl sites for hydroxylation is 2. The zero-order valence-electron chi connectivity index (χ0n) is 17.3. The maximum Gasteiger partial charge on any atom is 0.319 e. The summed E-state index contributed by atoms with van der Waals surface area (Å²) in [4.78, 5) is 16.7. The van der Waals surface area contributed by atoms with Crippen LogP contribution in [0, 0.1) is 19.7 Å². The molecule has 0 radical (unpaired) electrons. The van der Waals surface area contributed by atoms with Gasteiger partial charge in [0.2, 0.25) is 5.89 Å². The summed E-state index contributed by atoms with van der Waals surface area (Å²) in [5.74, 6) is 0.181. The van der Waals surface area contributed by atoms with E-state index in [2.05, 4.69) is 33.8 Å². The van der Waals surface area contributed by atoms with Crippen molar-refractivity contribution in [1.29, 1.82) is 0 Å². The van der Waals surface area contributed by atoms with Gasteiger partial charge in [-0.05, 0) is 67.4 Å². The first-order chi connectivity index (χ1) is 15.0. The van der Waals surface area contributed by atoms with Crippen LogP contribution in [-0.4, -0.2) is 11.0 Å². The molecule has 0 unspecified atom stereocenters. The first-order valence-electron chi connectivity index (χ1n) is 9.91. The van der Waals surface area contributed by atoms with Crippen molar-refractivity contribution in [2.45, 2.75) is 20.4 Å². The second-order valence-corrected chi connectivity index (χ2v) is 7.37. The van der Waals surface area contributed by atoms with Crippen molar-refractivity contribution in [1.82, 2.24) is 10.3 Å². The molecule has 0 aliphatic rings. The summed E-state index contributed by atoms with van der Waals surface area (Å²) in [6.07, 6.45) is 1.66. The Kier molecular flexibility index (Phi) is 5.80. The van der Waals surface area contributed by atoms with Gasteiger partial charge in [0.15, 0.2) is 0 Å². The second-order valence-electron chi connectivity index (χ2n) is 7.37. The van der Waals surface area contributed by atoms with E-state index in [9.17, 15) is 9.18 Å². The van der Waals surface area contributed by atoms with Crippen molar-refractivity contribution >= 4 is 11.7 Å². The largest absolute Gasteiger partial charge is 0.444 e. The highest BCUT2D eigenvalue weighted by Crippen LogP contribution is 2.28. The van der Waals surface area contributed by atoms with Gasteiger partial charge in [-0.1, -0.05) is 29.8 Å². The van der Waals surface area contributed by atoms with Gasteiger partial charge in [0, 0.05) is 23.4 Å². The van der Waals surface area contributed by atoms with Crippen molar-refractivity contribution in [2.75, 3.05) is 5.32 Å². The lowest BCUT2D eigenvalue weighted by molar-refractivity contribution is 0.251. The van der Waals surface area contributed by atoms with E-state index in [4.69, 9.17) is 4.42 Å². The molecule has 0 saturated carbocycles. The maximum absolute atomic E-state index is 13.2. The third-order valence-electron chi connectivity index (χ3n) is 4.91. The first-order valence-corrected chi connectivity index (χ1v) is 9.91. The number of halogens is 1. The normalized spacial score (nSPS) is 10.7. The van der Waals surface area contributed by atoms with Gasteiger partial charge in [-0.25, -0.2) is 14.2 Å². The Morgan fingerprint density at radius 2 is 1.84 bits per heavy atom. The predicted octanol–water partition coefficient (Wildman–Crippen LogP) is 6.09. The summed E-state index contributed by atoms with van der Waals surface area (Å²) in [7, 11) is 0. The molecule has 4 aromatic rings. The van der Waals surface area contributed by atoms with E-state index in [1.807, 2.05) is 26.0 Å². The SMILES string of the molecule is Cc1ccc(C)c(-c2coc(-c3ccc(NC(=O)NCc4cccc(F)c4)cc3)n2)c1. The zero-order valence-corrected chi connectivity index (χ0v) is 17.3. The van der Waals surface area contributed by atoms with E-state index < -0.39 is 0 Å². The molecule has 0 atom stereocenters. The predicted molar refractivity (Wildman–Crippen MR) is 119 cm³/mol. The number of carbonyl (C=O) groups is 1. The van der Waals surface area contributed by atoms with E-state index in [0.29, 0.717) is 17.1 Å². The standard InChI is InChI=1S/C25H22FN3O2/c1-16-6-7-17(2)22(12-16)23-15-31-24(29-23)19-8-10-21(11-9-19)28-25(30)27-14-18-4-3-5-20(26)13-18/h3-13,15H,14H2,1-2H3,(H2,27,28,30). The van der Waals surface area contributed by atoms with Crippen molar-refractivity contribution < 1.29 is 13.6 Å². The fourth-order valence-electron chi connectivity index (χ4n) is 3.24. The fourth-order valence-corrected chi connectivity index (χ4v) is 3.24. The minimum atomic E-state index is -0.370. The highest BCUT2D eigenvalue weighted by Gasteiger charge is 2.11. The molecule has 3 aromatic carbocycles. The topological polar surface area (TPSA) is 67.2 Å². The molecule has 0 aliphatic heterocycles. The Bertz CT molecular complexity index is 1220. The number of anilines is 1. The summed E-state index contributed by atoms with van der Waals surface area (Å²) >= 11 is 0. The van der Waals surface area contributed by atoms with Gasteiger partial charge >= 0.3 is 6.03 Å². The average molecular weight is 415 g/mol. The number of nitrogens with zero attached hydrogens (tertiary/aromatic N) is 1. The fraction of sp³-hybridized carbons (Fsp3) is 0.120. The Labute approximate surface area is 180 Å². The molecule has 0 fully saturated rings. The van der Waals surface area contributed by atoms with Crippen LogP contribution in [0.2, 0.25) is 0 Å². The number of benzene rings is 3. The zero-order chi connectivity index (χ0) is 21.8. The smallest absolute Gasteiger partial charge is 0.319 e. The number of oxazole rings is 1. The van der Waals surface area contributed by atoms with Crippen LogP contribution in [0.15, 0.2) is 77.4 Å². The van der Waals surface area contributed by atoms with Gasteiger partial charge in [0.05, 0.1) is 0 Å². The number of urea groups is 1. The number of aromatic nitrogens is 1. The van der Waals surface area contributed by atoms with Crippen LogP contribution < -0.4 is 10.6 Å². The summed E-state index contributed by atoms with van der Waals surface area (Å²) in [6.45, 7) is 4.33. The maximum atomic E-state index is 13.2. The van der Waals surface area contributed by atoms with Gasteiger partial charge in [-0.15, -0.1) is 0 Å². The Hall–Kier alpha value is -3.93. The van der Waals surface area contributed by atoms with Crippen molar-refractivity contribution in [2.24, 2.45) is 0 Å². The van der Waals surface area contributed by atoms with Gasteiger partial charge < -0.3 is 15.1 Å². The van der Waals surface area contributed by atoms with E-state index in [0.717, 1.165) is 27.9 Å². The summed E-state index contributed by atoms with van der Waals surface area (Å²) in [6, 6.07) is 19.2. The lowest BCUT2D eigenvalue weighted by Gasteiger charge is -2.08. The van der Waals surface area contributed by atoms with Crippen LogP contribution in [0.1, 0.15) is 16.7 Å². The number of carbonyl (C=O) groups excluding carboxylic acids is 1. The van der Waals surface area contributed by atoms with Gasteiger partial charge in [0.25, 0.3) is 0 Å². The molecule has 0 aliphatic carbocycles. The molecule has 0 saturated heterocycles. The molecule has 0 bridgehead atoms. The third-order valence-corrected chi connectivity index (χ3v) is 4.91. The molecule has 2 N–H and O–H groups in total. The molecular formula is C25H22FN3O2. The van der Waals surface area contributed by atoms with Crippen LogP contribution in [-0.2, 0) is 6.54 Å². The van der Waals surface area contributed by atoms with Crippen molar-refractivity contribution in [3.63, 3.8) is 0 Å². The molecule has 1 heterocycles. The summed E-state index contributed by atoms with van der Waals surface area (Å²) in [5, 5.41) is 5.46. The van der Waals surface area contributed by atoms with Gasteiger partial charge in [-0.3, -0.25) is 0 Å². The molecule has 2 amide bonds. The molecule has 156 valence electrons. The van der Waals surface area contributed by atoms with Gasteiger partial charge in [0.1, 0.15) is 17.8 Å². The Balaban J connectivity index is 1.40. The lowest BCUT2D eigenvalue weighted by Crippen LogP contribution is -2.28. The minimum Gasteiger partial charge on any atom is -0.444 e. The summed E-state index contributed by atoms with van der Waals surface area (Å²) in [5.41, 5.74) is 6.25. The molecule has 1 aromatic heterocycles. The van der Waals surface area contributed by atoms with Crippen LogP contribution in [0.3, 0.4) is 0 Å². The quantitative estimate of drug-likeness (QED) is 0.415. The van der Waals surface area contributed by atoms with Crippen LogP contribution in [0.4, 0.5) is 14.9 Å². The van der Waals surface area contributed by atoms with Gasteiger partial charge in [-0.2, -0.15) is 0 Å². The molecule has 6 heteroatoms. The molecule has 5 nitrogen and oxygen atoms in total. The third kappa shape index (κ3) is 4.98.